The van der Waals surface area contributed by atoms with E-state index in [-0.39, 0.29) is 13.0 Å². The number of anilines is 1. The molecule has 2 N–H and O–H groups in total. The largest absolute Gasteiger partial charge is 0.496 e. The van der Waals surface area contributed by atoms with Crippen LogP contribution >= 0.6 is 47.8 Å². The zero-order chi connectivity index (χ0) is 26.1. The summed E-state index contributed by atoms with van der Waals surface area (Å²) in [6.07, 6.45) is 1.68. The van der Waals surface area contributed by atoms with Gasteiger partial charge in [-0.2, -0.15) is 10.4 Å². The summed E-state index contributed by atoms with van der Waals surface area (Å²) < 4.78 is 13.9. The van der Waals surface area contributed by atoms with E-state index >= 15 is 0 Å². The molecule has 0 saturated heterocycles. The van der Waals surface area contributed by atoms with Crippen LogP contribution in [0.3, 0.4) is 0 Å². The SMILES string of the molecule is COc1ccc(/C=N/NC(=O)C(=O)Nc2ccc(CC#N)cc2)cc1COc1c(Br)cc(Br)cc1Br. The lowest BCUT2D eigenvalue weighted by Gasteiger charge is -2.13. The molecule has 2 amide bonds. The minimum atomic E-state index is -0.922. The van der Waals surface area contributed by atoms with E-state index in [9.17, 15) is 9.59 Å². The van der Waals surface area contributed by atoms with Crippen molar-refractivity contribution in [2.24, 2.45) is 5.10 Å². The van der Waals surface area contributed by atoms with Crippen LogP contribution in [0.2, 0.25) is 0 Å². The summed E-state index contributed by atoms with van der Waals surface area (Å²) in [5.41, 5.74) is 4.87. The highest BCUT2D eigenvalue weighted by atomic mass is 79.9. The fourth-order valence-corrected chi connectivity index (χ4v) is 5.50. The van der Waals surface area contributed by atoms with E-state index in [1.165, 1.54) is 6.21 Å². The normalized spacial score (nSPS) is 10.5. The molecule has 0 bridgehead atoms. The first-order valence-corrected chi connectivity index (χ1v) is 12.7. The van der Waals surface area contributed by atoms with Gasteiger partial charge in [0.15, 0.2) is 0 Å². The van der Waals surface area contributed by atoms with Crippen LogP contribution in [0, 0.1) is 11.3 Å². The van der Waals surface area contributed by atoms with Crippen molar-refractivity contribution in [3.8, 4) is 17.6 Å². The highest BCUT2D eigenvalue weighted by molar-refractivity contribution is 9.11. The predicted molar refractivity (Wildman–Crippen MR) is 147 cm³/mol. The molecule has 0 spiro atoms. The lowest BCUT2D eigenvalue weighted by atomic mass is 10.1. The summed E-state index contributed by atoms with van der Waals surface area (Å²) in [6, 6.07) is 17.8. The maximum absolute atomic E-state index is 12.1. The van der Waals surface area contributed by atoms with Gasteiger partial charge in [-0.15, -0.1) is 0 Å². The quantitative estimate of drug-likeness (QED) is 0.180. The van der Waals surface area contributed by atoms with Crippen LogP contribution in [-0.4, -0.2) is 25.1 Å². The van der Waals surface area contributed by atoms with Gasteiger partial charge in [0.25, 0.3) is 0 Å². The molecular formula is C25H19Br3N4O4. The van der Waals surface area contributed by atoms with Crippen LogP contribution in [0.4, 0.5) is 5.69 Å². The minimum Gasteiger partial charge on any atom is -0.496 e. The molecule has 0 aliphatic carbocycles. The molecule has 3 rings (SSSR count). The maximum atomic E-state index is 12.1. The fraction of sp³-hybridized carbons (Fsp3) is 0.120. The standard InChI is InChI=1S/C25H19Br3N4O4/c1-35-22-7-4-16(10-17(22)14-36-23-20(27)11-18(26)12-21(23)28)13-30-32-25(34)24(33)31-19-5-2-15(3-6-19)8-9-29/h2-7,10-13H,8,14H2,1H3,(H,31,33)(H,32,34)/b30-13+. The number of hydrazone groups is 1. The molecule has 0 unspecified atom stereocenters. The molecule has 3 aromatic carbocycles. The van der Waals surface area contributed by atoms with Crippen molar-refractivity contribution in [3.05, 3.63) is 84.7 Å². The number of rotatable bonds is 8. The Hall–Kier alpha value is -3.20. The van der Waals surface area contributed by atoms with Crippen molar-refractivity contribution < 1.29 is 19.1 Å². The van der Waals surface area contributed by atoms with Gasteiger partial charge in [-0.05, 0) is 85.5 Å². The number of halogens is 3. The van der Waals surface area contributed by atoms with Crippen LogP contribution in [0.1, 0.15) is 16.7 Å². The van der Waals surface area contributed by atoms with Crippen molar-refractivity contribution in [1.82, 2.24) is 5.43 Å². The number of amides is 2. The first-order chi connectivity index (χ1) is 17.3. The molecule has 0 aromatic heterocycles. The van der Waals surface area contributed by atoms with Crippen LogP contribution < -0.4 is 20.2 Å². The second kappa shape index (κ2) is 13.2. The zero-order valence-corrected chi connectivity index (χ0v) is 23.6. The number of ether oxygens (including phenoxy) is 2. The average molecular weight is 679 g/mol. The van der Waals surface area contributed by atoms with Crippen molar-refractivity contribution in [1.29, 1.82) is 5.26 Å². The molecule has 0 aliphatic rings. The van der Waals surface area contributed by atoms with Gasteiger partial charge in [0.05, 0.1) is 34.8 Å². The first kappa shape index (κ1) is 27.4. The van der Waals surface area contributed by atoms with E-state index in [1.54, 1.807) is 49.6 Å². The van der Waals surface area contributed by atoms with E-state index in [0.29, 0.717) is 22.7 Å². The van der Waals surface area contributed by atoms with Gasteiger partial charge in [0, 0.05) is 15.7 Å². The number of benzene rings is 3. The number of hydrogen-bond donors (Lipinski definition) is 2. The highest BCUT2D eigenvalue weighted by Gasteiger charge is 2.13. The summed E-state index contributed by atoms with van der Waals surface area (Å²) in [6.45, 7) is 0.214. The topological polar surface area (TPSA) is 113 Å². The molecule has 0 aliphatic heterocycles. The number of nitriles is 1. The molecule has 11 heteroatoms. The minimum absolute atomic E-state index is 0.214. The van der Waals surface area contributed by atoms with Crippen molar-refractivity contribution in [3.63, 3.8) is 0 Å². The summed E-state index contributed by atoms with van der Waals surface area (Å²) in [5.74, 6) is -0.526. The number of methoxy groups -OCH3 is 1. The highest BCUT2D eigenvalue weighted by Crippen LogP contribution is 2.37. The molecule has 0 saturated carbocycles. The Morgan fingerprint density at radius 3 is 2.36 bits per heavy atom. The molecule has 0 fully saturated rings. The van der Waals surface area contributed by atoms with Gasteiger partial charge in [0.2, 0.25) is 0 Å². The second-order valence-electron chi connectivity index (χ2n) is 7.24. The second-order valence-corrected chi connectivity index (χ2v) is 9.87. The summed E-state index contributed by atoms with van der Waals surface area (Å²) in [4.78, 5) is 24.2. The Morgan fingerprint density at radius 2 is 1.72 bits per heavy atom. The molecule has 184 valence electrons. The van der Waals surface area contributed by atoms with Gasteiger partial charge < -0.3 is 14.8 Å². The van der Waals surface area contributed by atoms with Crippen LogP contribution in [0.25, 0.3) is 0 Å². The Bertz CT molecular complexity index is 1320. The molecule has 36 heavy (non-hydrogen) atoms. The molecule has 3 aromatic rings. The van der Waals surface area contributed by atoms with E-state index in [4.69, 9.17) is 14.7 Å². The molecule has 0 heterocycles. The third kappa shape index (κ3) is 7.65. The van der Waals surface area contributed by atoms with Gasteiger partial charge in [-0.25, -0.2) is 5.43 Å². The monoisotopic (exact) mass is 676 g/mol. The number of nitrogens with zero attached hydrogens (tertiary/aromatic N) is 2. The molecule has 0 atom stereocenters. The van der Waals surface area contributed by atoms with Gasteiger partial charge >= 0.3 is 11.8 Å². The fourth-order valence-electron chi connectivity index (χ4n) is 3.01. The molecule has 0 radical (unpaired) electrons. The lowest BCUT2D eigenvalue weighted by Crippen LogP contribution is -2.32. The maximum Gasteiger partial charge on any atom is 0.329 e. The summed E-state index contributed by atoms with van der Waals surface area (Å²) in [7, 11) is 1.56. The third-order valence-electron chi connectivity index (χ3n) is 4.72. The van der Waals surface area contributed by atoms with Crippen LogP contribution in [0.5, 0.6) is 11.5 Å². The molecule has 8 nitrogen and oxygen atoms in total. The van der Waals surface area contributed by atoms with Crippen molar-refractivity contribution in [2.45, 2.75) is 13.0 Å². The Balaban J connectivity index is 1.61. The Labute approximate surface area is 233 Å². The predicted octanol–water partition coefficient (Wildman–Crippen LogP) is 5.72. The van der Waals surface area contributed by atoms with Gasteiger partial charge in [-0.3, -0.25) is 9.59 Å². The van der Waals surface area contributed by atoms with E-state index in [2.05, 4.69) is 63.6 Å². The van der Waals surface area contributed by atoms with Gasteiger partial charge in [0.1, 0.15) is 18.1 Å². The van der Waals surface area contributed by atoms with Gasteiger partial charge in [-0.1, -0.05) is 28.1 Å². The molecular weight excluding hydrogens is 660 g/mol. The van der Waals surface area contributed by atoms with E-state index in [1.807, 2.05) is 18.2 Å². The Kier molecular flexibility index (Phi) is 10.0. The lowest BCUT2D eigenvalue weighted by molar-refractivity contribution is -0.136. The van der Waals surface area contributed by atoms with E-state index < -0.39 is 11.8 Å². The third-order valence-corrected chi connectivity index (χ3v) is 6.36. The number of nitrogens with one attached hydrogen (secondary N) is 2. The van der Waals surface area contributed by atoms with E-state index in [0.717, 1.165) is 24.5 Å². The average Bonchev–Trinajstić information content (AvgIpc) is 2.84. The van der Waals surface area contributed by atoms with Crippen molar-refractivity contribution >= 4 is 71.5 Å². The Morgan fingerprint density at radius 1 is 1.03 bits per heavy atom. The smallest absolute Gasteiger partial charge is 0.329 e. The summed E-state index contributed by atoms with van der Waals surface area (Å²) in [5, 5.41) is 15.1. The number of carbonyl (C=O) groups excluding carboxylic acids is 2. The number of carbonyl (C=O) groups is 2. The summed E-state index contributed by atoms with van der Waals surface area (Å²) >= 11 is 10.4. The van der Waals surface area contributed by atoms with Crippen LogP contribution in [0.15, 0.2) is 73.1 Å². The van der Waals surface area contributed by atoms with Crippen LogP contribution in [-0.2, 0) is 22.6 Å². The first-order valence-electron chi connectivity index (χ1n) is 10.3. The van der Waals surface area contributed by atoms with Crippen molar-refractivity contribution in [2.75, 3.05) is 12.4 Å². The number of hydrogen-bond acceptors (Lipinski definition) is 6. The zero-order valence-electron chi connectivity index (χ0n) is 18.8.